The van der Waals surface area contributed by atoms with Crippen LogP contribution in [0.25, 0.3) is 0 Å². The molecule has 0 aromatic heterocycles. The lowest BCUT2D eigenvalue weighted by Gasteiger charge is -2.32. The normalized spacial score (nSPS) is 19.8. The van der Waals surface area contributed by atoms with E-state index in [0.717, 1.165) is 18.4 Å². The Kier molecular flexibility index (Phi) is 3.34. The number of rotatable bonds is 4. The summed E-state index contributed by atoms with van der Waals surface area (Å²) in [5, 5.41) is 3.44. The standard InChI is InChI=1S/C11H22N2/c1-9(2)5-11(6-10(3)4)7-12-8-13-11/h8-10H,5-7H2,1-4H3,(H,12,13). The summed E-state index contributed by atoms with van der Waals surface area (Å²) in [5.74, 6) is 1.49. The second kappa shape index (κ2) is 4.12. The number of hydrogen-bond donors (Lipinski definition) is 1. The first-order valence-electron chi connectivity index (χ1n) is 5.30. The van der Waals surface area contributed by atoms with Crippen LogP contribution in [0.3, 0.4) is 0 Å². The van der Waals surface area contributed by atoms with Crippen molar-refractivity contribution >= 4 is 6.34 Å². The van der Waals surface area contributed by atoms with E-state index in [-0.39, 0.29) is 5.54 Å². The molecule has 1 N–H and O–H groups in total. The number of aliphatic imine (C=N–C) groups is 1. The van der Waals surface area contributed by atoms with Crippen LogP contribution in [0.5, 0.6) is 0 Å². The first kappa shape index (κ1) is 10.6. The van der Waals surface area contributed by atoms with Gasteiger partial charge in [0.2, 0.25) is 0 Å². The first-order chi connectivity index (χ1) is 6.04. The van der Waals surface area contributed by atoms with E-state index in [1.807, 2.05) is 6.34 Å². The molecule has 0 aromatic rings. The van der Waals surface area contributed by atoms with E-state index in [9.17, 15) is 0 Å². The van der Waals surface area contributed by atoms with E-state index in [1.165, 1.54) is 12.8 Å². The zero-order valence-electron chi connectivity index (χ0n) is 9.30. The molecule has 0 saturated heterocycles. The highest BCUT2D eigenvalue weighted by atomic mass is 15.1. The summed E-state index contributed by atoms with van der Waals surface area (Å²) in [6.07, 6.45) is 4.33. The zero-order chi connectivity index (χ0) is 9.90. The van der Waals surface area contributed by atoms with E-state index in [1.54, 1.807) is 0 Å². The minimum Gasteiger partial charge on any atom is -0.369 e. The van der Waals surface area contributed by atoms with Crippen LogP contribution >= 0.6 is 0 Å². The maximum absolute atomic E-state index is 4.31. The van der Waals surface area contributed by atoms with Crippen LogP contribution in [-0.4, -0.2) is 18.4 Å². The Hall–Kier alpha value is -0.530. The molecule has 0 saturated carbocycles. The van der Waals surface area contributed by atoms with Gasteiger partial charge in [0.25, 0.3) is 0 Å². The highest BCUT2D eigenvalue weighted by Gasteiger charge is 2.32. The lowest BCUT2D eigenvalue weighted by molar-refractivity contribution is 0.278. The Labute approximate surface area is 81.8 Å². The van der Waals surface area contributed by atoms with Gasteiger partial charge in [0.1, 0.15) is 0 Å². The lowest BCUT2D eigenvalue weighted by atomic mass is 9.82. The van der Waals surface area contributed by atoms with Crippen molar-refractivity contribution in [1.82, 2.24) is 5.32 Å². The van der Waals surface area contributed by atoms with E-state index in [0.29, 0.717) is 0 Å². The fourth-order valence-corrected chi connectivity index (χ4v) is 2.34. The Morgan fingerprint density at radius 3 is 2.08 bits per heavy atom. The fraction of sp³-hybridized carbons (Fsp3) is 0.909. The van der Waals surface area contributed by atoms with Gasteiger partial charge in [-0.15, -0.1) is 0 Å². The minimum atomic E-state index is 0.266. The molecule has 1 heterocycles. The highest BCUT2D eigenvalue weighted by Crippen LogP contribution is 2.26. The van der Waals surface area contributed by atoms with Crippen molar-refractivity contribution in [2.45, 2.75) is 46.1 Å². The van der Waals surface area contributed by atoms with Gasteiger partial charge in [0.15, 0.2) is 0 Å². The minimum absolute atomic E-state index is 0.266. The van der Waals surface area contributed by atoms with E-state index in [4.69, 9.17) is 0 Å². The van der Waals surface area contributed by atoms with Crippen LogP contribution in [0, 0.1) is 11.8 Å². The van der Waals surface area contributed by atoms with Crippen LogP contribution < -0.4 is 5.32 Å². The zero-order valence-corrected chi connectivity index (χ0v) is 9.30. The molecule has 0 atom stereocenters. The number of nitrogens with one attached hydrogen (secondary N) is 1. The maximum Gasteiger partial charge on any atom is 0.0829 e. The summed E-state index contributed by atoms with van der Waals surface area (Å²) < 4.78 is 0. The third-order valence-corrected chi connectivity index (χ3v) is 2.45. The van der Waals surface area contributed by atoms with Crippen molar-refractivity contribution in [3.05, 3.63) is 0 Å². The molecule has 2 nitrogen and oxygen atoms in total. The highest BCUT2D eigenvalue weighted by molar-refractivity contribution is 5.58. The average molecular weight is 182 g/mol. The van der Waals surface area contributed by atoms with Crippen molar-refractivity contribution in [2.24, 2.45) is 16.8 Å². The summed E-state index contributed by atoms with van der Waals surface area (Å²) in [6, 6.07) is 0. The van der Waals surface area contributed by atoms with Crippen molar-refractivity contribution < 1.29 is 0 Å². The molecule has 0 aromatic carbocycles. The second-order valence-corrected chi connectivity index (χ2v) is 5.09. The van der Waals surface area contributed by atoms with Crippen molar-refractivity contribution in [3.8, 4) is 0 Å². The topological polar surface area (TPSA) is 24.4 Å². The Bertz CT molecular complexity index is 163. The molecular weight excluding hydrogens is 160 g/mol. The monoisotopic (exact) mass is 182 g/mol. The van der Waals surface area contributed by atoms with Gasteiger partial charge in [-0.3, -0.25) is 4.99 Å². The molecule has 1 aliphatic heterocycles. The van der Waals surface area contributed by atoms with Gasteiger partial charge in [-0.05, 0) is 24.7 Å². The summed E-state index contributed by atoms with van der Waals surface area (Å²) in [5.41, 5.74) is 0.266. The van der Waals surface area contributed by atoms with Gasteiger partial charge in [-0.25, -0.2) is 0 Å². The molecule has 76 valence electrons. The third-order valence-electron chi connectivity index (χ3n) is 2.45. The molecule has 2 heteroatoms. The Morgan fingerprint density at radius 2 is 1.77 bits per heavy atom. The fourth-order valence-electron chi connectivity index (χ4n) is 2.34. The second-order valence-electron chi connectivity index (χ2n) is 5.09. The predicted molar refractivity (Wildman–Crippen MR) is 58.1 cm³/mol. The van der Waals surface area contributed by atoms with Crippen LogP contribution in [0.15, 0.2) is 4.99 Å². The first-order valence-corrected chi connectivity index (χ1v) is 5.30. The van der Waals surface area contributed by atoms with Crippen LogP contribution in [0.4, 0.5) is 0 Å². The van der Waals surface area contributed by atoms with E-state index in [2.05, 4.69) is 38.0 Å². The van der Waals surface area contributed by atoms with Crippen molar-refractivity contribution in [1.29, 1.82) is 0 Å². The van der Waals surface area contributed by atoms with Crippen molar-refractivity contribution in [2.75, 3.05) is 6.54 Å². The SMILES string of the molecule is CC(C)CC1(CC(C)C)CN=CN1. The molecule has 0 spiro atoms. The molecule has 0 aliphatic carbocycles. The van der Waals surface area contributed by atoms with Gasteiger partial charge in [-0.2, -0.15) is 0 Å². The van der Waals surface area contributed by atoms with E-state index >= 15 is 0 Å². The molecule has 0 unspecified atom stereocenters. The third kappa shape index (κ3) is 3.02. The average Bonchev–Trinajstić information content (AvgIpc) is 2.33. The van der Waals surface area contributed by atoms with Crippen LogP contribution in [-0.2, 0) is 0 Å². The Morgan fingerprint density at radius 1 is 1.23 bits per heavy atom. The summed E-state index contributed by atoms with van der Waals surface area (Å²) in [7, 11) is 0. The molecule has 0 bridgehead atoms. The summed E-state index contributed by atoms with van der Waals surface area (Å²) in [6.45, 7) is 10.1. The van der Waals surface area contributed by atoms with Gasteiger partial charge in [-0.1, -0.05) is 27.7 Å². The number of nitrogens with zero attached hydrogens (tertiary/aromatic N) is 1. The van der Waals surface area contributed by atoms with Gasteiger partial charge >= 0.3 is 0 Å². The Balaban J connectivity index is 2.54. The van der Waals surface area contributed by atoms with Gasteiger partial charge in [0, 0.05) is 0 Å². The number of hydrogen-bond acceptors (Lipinski definition) is 2. The van der Waals surface area contributed by atoms with Gasteiger partial charge in [0.05, 0.1) is 18.4 Å². The van der Waals surface area contributed by atoms with Crippen molar-refractivity contribution in [3.63, 3.8) is 0 Å². The smallest absolute Gasteiger partial charge is 0.0829 e. The van der Waals surface area contributed by atoms with Gasteiger partial charge < -0.3 is 5.32 Å². The largest absolute Gasteiger partial charge is 0.369 e. The molecule has 0 radical (unpaired) electrons. The van der Waals surface area contributed by atoms with Crippen LogP contribution in [0.1, 0.15) is 40.5 Å². The molecule has 0 amide bonds. The quantitative estimate of drug-likeness (QED) is 0.709. The molecule has 0 fully saturated rings. The summed E-state index contributed by atoms with van der Waals surface area (Å²) in [4.78, 5) is 4.31. The maximum atomic E-state index is 4.31. The van der Waals surface area contributed by atoms with E-state index < -0.39 is 0 Å². The lowest BCUT2D eigenvalue weighted by Crippen LogP contribution is -2.45. The molecule has 1 rings (SSSR count). The molecule has 1 aliphatic rings. The predicted octanol–water partition coefficient (Wildman–Crippen LogP) is 2.45. The molecular formula is C11H22N2. The molecule has 13 heavy (non-hydrogen) atoms. The summed E-state index contributed by atoms with van der Waals surface area (Å²) >= 11 is 0. The van der Waals surface area contributed by atoms with Crippen LogP contribution in [0.2, 0.25) is 0 Å².